The molecule has 5 heteroatoms. The van der Waals surface area contributed by atoms with Crippen LogP contribution in [-0.2, 0) is 11.2 Å². The molecule has 0 heterocycles. The maximum Gasteiger partial charge on any atom is 0.303 e. The van der Waals surface area contributed by atoms with E-state index in [-0.39, 0.29) is 18.7 Å². The van der Waals surface area contributed by atoms with Crippen molar-refractivity contribution in [3.8, 4) is 0 Å². The highest BCUT2D eigenvalue weighted by Gasteiger charge is 2.08. The Hall–Kier alpha value is -1.88. The minimum atomic E-state index is -0.902. The van der Waals surface area contributed by atoms with Crippen molar-refractivity contribution in [3.63, 3.8) is 0 Å². The van der Waals surface area contributed by atoms with Gasteiger partial charge in [-0.25, -0.2) is 4.39 Å². The standard InChI is InChI=1S/C15H13BrFNO2/c16-12-3-1-2-4-14(12)18-13-7-6-11(17)9-10(13)5-8-15(19)20/h1-4,6-7,9,18H,5,8H2,(H,19,20). The molecule has 0 unspecified atom stereocenters. The number of hydrogen-bond acceptors (Lipinski definition) is 2. The number of aliphatic carboxylic acids is 1. The summed E-state index contributed by atoms with van der Waals surface area (Å²) >= 11 is 3.42. The topological polar surface area (TPSA) is 49.3 Å². The van der Waals surface area contributed by atoms with Crippen LogP contribution in [0, 0.1) is 5.82 Å². The van der Waals surface area contributed by atoms with Gasteiger partial charge in [-0.3, -0.25) is 4.79 Å². The van der Waals surface area contributed by atoms with Crippen LogP contribution in [0.2, 0.25) is 0 Å². The third kappa shape index (κ3) is 3.81. The maximum atomic E-state index is 13.3. The molecule has 0 bridgehead atoms. The van der Waals surface area contributed by atoms with E-state index in [0.29, 0.717) is 11.3 Å². The number of anilines is 2. The third-order valence-electron chi connectivity index (χ3n) is 2.82. The lowest BCUT2D eigenvalue weighted by atomic mass is 10.1. The summed E-state index contributed by atoms with van der Waals surface area (Å²) in [5.74, 6) is -1.27. The molecular formula is C15H13BrFNO2. The number of halogens is 2. The van der Waals surface area contributed by atoms with Crippen molar-refractivity contribution in [1.29, 1.82) is 0 Å². The Kier molecular flexibility index (Phi) is 4.74. The first-order valence-corrected chi connectivity index (χ1v) is 6.87. The van der Waals surface area contributed by atoms with Crippen LogP contribution in [0.1, 0.15) is 12.0 Å². The molecule has 0 atom stereocenters. The van der Waals surface area contributed by atoms with E-state index in [1.54, 1.807) is 6.07 Å². The molecule has 0 spiro atoms. The van der Waals surface area contributed by atoms with Gasteiger partial charge in [0.2, 0.25) is 0 Å². The number of rotatable bonds is 5. The first kappa shape index (κ1) is 14.5. The molecule has 0 aromatic heterocycles. The number of para-hydroxylation sites is 1. The van der Waals surface area contributed by atoms with Crippen LogP contribution in [0.5, 0.6) is 0 Å². The Bertz CT molecular complexity index is 631. The van der Waals surface area contributed by atoms with Crippen molar-refractivity contribution < 1.29 is 14.3 Å². The SMILES string of the molecule is O=C(O)CCc1cc(F)ccc1Nc1ccccc1Br. The van der Waals surface area contributed by atoms with Crippen LogP contribution in [0.4, 0.5) is 15.8 Å². The molecule has 2 rings (SSSR count). The molecule has 0 saturated carbocycles. The molecular weight excluding hydrogens is 325 g/mol. The molecule has 0 fully saturated rings. The van der Waals surface area contributed by atoms with E-state index in [0.717, 1.165) is 10.2 Å². The van der Waals surface area contributed by atoms with E-state index in [2.05, 4.69) is 21.2 Å². The summed E-state index contributed by atoms with van der Waals surface area (Å²) in [5.41, 5.74) is 2.19. The maximum absolute atomic E-state index is 13.3. The number of nitrogens with one attached hydrogen (secondary N) is 1. The van der Waals surface area contributed by atoms with Gasteiger partial charge < -0.3 is 10.4 Å². The normalized spacial score (nSPS) is 10.3. The molecule has 2 aromatic carbocycles. The summed E-state index contributed by atoms with van der Waals surface area (Å²) in [6.45, 7) is 0. The van der Waals surface area contributed by atoms with E-state index >= 15 is 0 Å². The molecule has 2 N–H and O–H groups in total. The van der Waals surface area contributed by atoms with Gasteiger partial charge in [-0.1, -0.05) is 12.1 Å². The lowest BCUT2D eigenvalue weighted by Crippen LogP contribution is -2.02. The number of hydrogen-bond donors (Lipinski definition) is 2. The number of carboxylic acid groups (broad SMARTS) is 1. The fraction of sp³-hybridized carbons (Fsp3) is 0.133. The highest BCUT2D eigenvalue weighted by Crippen LogP contribution is 2.28. The second-order valence-corrected chi connectivity index (χ2v) is 5.15. The second kappa shape index (κ2) is 6.52. The highest BCUT2D eigenvalue weighted by molar-refractivity contribution is 9.10. The van der Waals surface area contributed by atoms with Gasteiger partial charge in [0.15, 0.2) is 0 Å². The Morgan fingerprint density at radius 3 is 2.65 bits per heavy atom. The van der Waals surface area contributed by atoms with Crippen LogP contribution >= 0.6 is 15.9 Å². The van der Waals surface area contributed by atoms with Gasteiger partial charge in [-0.15, -0.1) is 0 Å². The first-order chi connectivity index (χ1) is 9.56. The summed E-state index contributed by atoms with van der Waals surface area (Å²) in [7, 11) is 0. The molecule has 0 aliphatic carbocycles. The third-order valence-corrected chi connectivity index (χ3v) is 3.51. The van der Waals surface area contributed by atoms with Crippen LogP contribution in [-0.4, -0.2) is 11.1 Å². The Morgan fingerprint density at radius 2 is 1.95 bits per heavy atom. The summed E-state index contributed by atoms with van der Waals surface area (Å²) in [6.07, 6.45) is 0.244. The smallest absolute Gasteiger partial charge is 0.303 e. The number of carbonyl (C=O) groups is 1. The summed E-state index contributed by atoms with van der Waals surface area (Å²) < 4.78 is 14.2. The fourth-order valence-corrected chi connectivity index (χ4v) is 2.22. The van der Waals surface area contributed by atoms with E-state index in [4.69, 9.17) is 5.11 Å². The molecule has 0 aliphatic heterocycles. The minimum absolute atomic E-state index is 0.0336. The molecule has 3 nitrogen and oxygen atoms in total. The average molecular weight is 338 g/mol. The summed E-state index contributed by atoms with van der Waals surface area (Å²) in [5, 5.41) is 11.9. The summed E-state index contributed by atoms with van der Waals surface area (Å²) in [4.78, 5) is 10.7. The van der Waals surface area contributed by atoms with Gasteiger partial charge in [0.1, 0.15) is 5.82 Å². The second-order valence-electron chi connectivity index (χ2n) is 4.30. The fourth-order valence-electron chi connectivity index (χ4n) is 1.84. The Balaban J connectivity index is 2.26. The average Bonchev–Trinajstić information content (AvgIpc) is 2.41. The van der Waals surface area contributed by atoms with Crippen LogP contribution in [0.15, 0.2) is 46.9 Å². The van der Waals surface area contributed by atoms with E-state index in [1.807, 2.05) is 24.3 Å². The van der Waals surface area contributed by atoms with Crippen LogP contribution < -0.4 is 5.32 Å². The lowest BCUT2D eigenvalue weighted by Gasteiger charge is -2.13. The minimum Gasteiger partial charge on any atom is -0.481 e. The van der Waals surface area contributed by atoms with Crippen molar-refractivity contribution in [1.82, 2.24) is 0 Å². The van der Waals surface area contributed by atoms with Crippen molar-refractivity contribution in [3.05, 3.63) is 58.3 Å². The summed E-state index contributed by atoms with van der Waals surface area (Å²) in [6, 6.07) is 11.9. The largest absolute Gasteiger partial charge is 0.481 e. The predicted octanol–water partition coefficient (Wildman–Crippen LogP) is 4.35. The zero-order valence-corrected chi connectivity index (χ0v) is 12.2. The van der Waals surface area contributed by atoms with E-state index < -0.39 is 5.97 Å². The van der Waals surface area contributed by atoms with Gasteiger partial charge >= 0.3 is 5.97 Å². The zero-order chi connectivity index (χ0) is 14.5. The number of aryl methyl sites for hydroxylation is 1. The van der Waals surface area contributed by atoms with Crippen molar-refractivity contribution in [2.24, 2.45) is 0 Å². The van der Waals surface area contributed by atoms with Gasteiger partial charge in [0.05, 0.1) is 5.69 Å². The van der Waals surface area contributed by atoms with Crippen LogP contribution in [0.25, 0.3) is 0 Å². The van der Waals surface area contributed by atoms with E-state index in [9.17, 15) is 9.18 Å². The molecule has 20 heavy (non-hydrogen) atoms. The predicted molar refractivity (Wildman–Crippen MR) is 79.8 cm³/mol. The number of benzene rings is 2. The van der Waals surface area contributed by atoms with E-state index in [1.165, 1.54) is 12.1 Å². The molecule has 0 saturated heterocycles. The van der Waals surface area contributed by atoms with Crippen molar-refractivity contribution in [2.45, 2.75) is 12.8 Å². The highest BCUT2D eigenvalue weighted by atomic mass is 79.9. The lowest BCUT2D eigenvalue weighted by molar-refractivity contribution is -0.136. The Morgan fingerprint density at radius 1 is 1.20 bits per heavy atom. The molecule has 104 valence electrons. The first-order valence-electron chi connectivity index (χ1n) is 6.08. The molecule has 2 aromatic rings. The number of carboxylic acids is 1. The Labute approximate surface area is 124 Å². The quantitative estimate of drug-likeness (QED) is 0.852. The monoisotopic (exact) mass is 337 g/mol. The van der Waals surface area contributed by atoms with Crippen molar-refractivity contribution >= 4 is 33.3 Å². The van der Waals surface area contributed by atoms with Gasteiger partial charge in [0.25, 0.3) is 0 Å². The van der Waals surface area contributed by atoms with Gasteiger partial charge in [0, 0.05) is 16.6 Å². The van der Waals surface area contributed by atoms with Crippen molar-refractivity contribution in [2.75, 3.05) is 5.32 Å². The van der Waals surface area contributed by atoms with Gasteiger partial charge in [-0.05, 0) is 58.2 Å². The zero-order valence-electron chi connectivity index (χ0n) is 10.6. The molecule has 0 amide bonds. The molecule has 0 aliphatic rings. The molecule has 0 radical (unpaired) electrons. The van der Waals surface area contributed by atoms with Crippen LogP contribution in [0.3, 0.4) is 0 Å². The van der Waals surface area contributed by atoms with Gasteiger partial charge in [-0.2, -0.15) is 0 Å².